The van der Waals surface area contributed by atoms with Gasteiger partial charge in [0.1, 0.15) is 23.9 Å². The van der Waals surface area contributed by atoms with Crippen LogP contribution in [-0.2, 0) is 14.6 Å². The Hall–Kier alpha value is -3.58. The first-order valence-electron chi connectivity index (χ1n) is 13.8. The van der Waals surface area contributed by atoms with Crippen LogP contribution in [0.15, 0.2) is 53.7 Å². The van der Waals surface area contributed by atoms with Gasteiger partial charge >= 0.3 is 0 Å². The summed E-state index contributed by atoms with van der Waals surface area (Å²) < 4.78 is 38.2. The SMILES string of the molecule is CNC1OC1c1cc(Nc2ncc(C)c(Nc3ccccc3S(=O)(=O)C(C)C)n2)c(OC(C)C)cc1-c1cnc(C)s1. The average Bonchev–Trinajstić information content (AvgIpc) is 3.61. The summed E-state index contributed by atoms with van der Waals surface area (Å²) in [6.45, 7) is 11.1. The molecule has 1 saturated heterocycles. The summed E-state index contributed by atoms with van der Waals surface area (Å²) in [5, 5.41) is 10.2. The normalized spacial score (nSPS) is 16.6. The Morgan fingerprint density at radius 3 is 2.40 bits per heavy atom. The molecule has 2 aromatic carbocycles. The molecule has 1 aliphatic heterocycles. The number of hydrogen-bond donors (Lipinski definition) is 3. The van der Waals surface area contributed by atoms with Gasteiger partial charge in [-0.15, -0.1) is 11.3 Å². The van der Waals surface area contributed by atoms with Gasteiger partial charge in [-0.1, -0.05) is 12.1 Å². The minimum Gasteiger partial charge on any atom is -0.489 e. The van der Waals surface area contributed by atoms with Crippen molar-refractivity contribution in [3.8, 4) is 16.2 Å². The van der Waals surface area contributed by atoms with E-state index < -0.39 is 15.1 Å². The van der Waals surface area contributed by atoms with Crippen LogP contribution in [0.1, 0.15) is 49.9 Å². The fraction of sp³-hybridized carbons (Fsp3) is 0.367. The molecule has 1 aliphatic rings. The van der Waals surface area contributed by atoms with Gasteiger partial charge in [-0.25, -0.2) is 18.4 Å². The molecule has 12 heteroatoms. The lowest BCUT2D eigenvalue weighted by Gasteiger charge is -2.19. The molecular formula is C30H36N6O4S2. The third-order valence-corrected chi connectivity index (χ3v) is 9.93. The number of ether oxygens (including phenoxy) is 2. The van der Waals surface area contributed by atoms with Crippen molar-refractivity contribution in [1.29, 1.82) is 0 Å². The minimum absolute atomic E-state index is 0.0785. The van der Waals surface area contributed by atoms with Crippen LogP contribution in [-0.4, -0.2) is 48.0 Å². The van der Waals surface area contributed by atoms with Crippen molar-refractivity contribution in [1.82, 2.24) is 20.3 Å². The molecule has 0 radical (unpaired) electrons. The van der Waals surface area contributed by atoms with Gasteiger partial charge in [-0.3, -0.25) is 5.32 Å². The van der Waals surface area contributed by atoms with Crippen molar-refractivity contribution in [3.05, 3.63) is 64.9 Å². The molecule has 0 spiro atoms. The number of aromatic nitrogens is 3. The minimum atomic E-state index is -3.51. The Bertz CT molecular complexity index is 1700. The highest BCUT2D eigenvalue weighted by Gasteiger charge is 2.41. The summed E-state index contributed by atoms with van der Waals surface area (Å²) in [6.07, 6.45) is 3.27. The Kier molecular flexibility index (Phi) is 8.51. The van der Waals surface area contributed by atoms with Crippen LogP contribution < -0.4 is 20.7 Å². The van der Waals surface area contributed by atoms with Gasteiger partial charge in [0.25, 0.3) is 0 Å². The number of rotatable bonds is 11. The van der Waals surface area contributed by atoms with Gasteiger partial charge in [-0.05, 0) is 78.4 Å². The second-order valence-electron chi connectivity index (χ2n) is 10.7. The molecule has 0 bridgehead atoms. The molecule has 4 aromatic rings. The molecule has 3 N–H and O–H groups in total. The number of benzene rings is 2. The Labute approximate surface area is 250 Å². The van der Waals surface area contributed by atoms with Gasteiger partial charge in [-0.2, -0.15) is 4.98 Å². The number of nitrogens with one attached hydrogen (secondary N) is 3. The molecule has 0 aliphatic carbocycles. The number of para-hydroxylation sites is 1. The van der Waals surface area contributed by atoms with Gasteiger partial charge < -0.3 is 20.1 Å². The quantitative estimate of drug-likeness (QED) is 0.167. The van der Waals surface area contributed by atoms with Crippen molar-refractivity contribution in [2.75, 3.05) is 17.7 Å². The maximum Gasteiger partial charge on any atom is 0.229 e. The monoisotopic (exact) mass is 608 g/mol. The fourth-order valence-electron chi connectivity index (χ4n) is 4.50. The summed E-state index contributed by atoms with van der Waals surface area (Å²) in [7, 11) is -1.64. The van der Waals surface area contributed by atoms with E-state index in [1.165, 1.54) is 0 Å². The summed E-state index contributed by atoms with van der Waals surface area (Å²) in [5.74, 6) is 1.46. The van der Waals surface area contributed by atoms with Crippen molar-refractivity contribution in [3.63, 3.8) is 0 Å². The molecule has 0 amide bonds. The van der Waals surface area contributed by atoms with E-state index >= 15 is 0 Å². The zero-order valence-corrected chi connectivity index (χ0v) is 26.4. The lowest BCUT2D eigenvalue weighted by Crippen LogP contribution is -2.16. The molecular weight excluding hydrogens is 573 g/mol. The first kappa shape index (κ1) is 29.9. The standard InChI is InChI=1S/C30H36N6O4S2/c1-16(2)39-24-13-20(25-15-32-19(6)41-25)21(27-29(31-7)40-27)12-23(24)35-30-33-14-18(5)28(36-30)34-22-10-8-9-11-26(22)42(37,38)17(3)4/h8-17,27,29,31H,1-7H3,(H2,33,34,35,36). The first-order valence-corrected chi connectivity index (χ1v) is 16.1. The van der Waals surface area contributed by atoms with E-state index in [1.807, 2.05) is 53.1 Å². The molecule has 2 unspecified atom stereocenters. The molecule has 10 nitrogen and oxygen atoms in total. The summed E-state index contributed by atoms with van der Waals surface area (Å²) >= 11 is 1.62. The number of likely N-dealkylation sites (N-methyl/N-ethyl adjacent to an activating group) is 1. The number of aryl methyl sites for hydroxylation is 2. The third-order valence-electron chi connectivity index (χ3n) is 6.77. The van der Waals surface area contributed by atoms with Crippen LogP contribution in [0.2, 0.25) is 0 Å². The maximum atomic E-state index is 13.0. The van der Waals surface area contributed by atoms with E-state index in [-0.39, 0.29) is 23.3 Å². The zero-order chi connectivity index (χ0) is 30.2. The second-order valence-corrected chi connectivity index (χ2v) is 14.4. The molecule has 2 aromatic heterocycles. The van der Waals surface area contributed by atoms with E-state index in [9.17, 15) is 8.42 Å². The van der Waals surface area contributed by atoms with E-state index in [0.717, 1.165) is 26.6 Å². The van der Waals surface area contributed by atoms with Gasteiger partial charge in [0.05, 0.1) is 37.5 Å². The molecule has 2 atom stereocenters. The molecule has 222 valence electrons. The van der Waals surface area contributed by atoms with Crippen LogP contribution >= 0.6 is 11.3 Å². The summed E-state index contributed by atoms with van der Waals surface area (Å²) in [5.41, 5.74) is 3.90. The van der Waals surface area contributed by atoms with Gasteiger partial charge in [0.15, 0.2) is 9.84 Å². The number of nitrogens with zero attached hydrogens (tertiary/aromatic N) is 3. The van der Waals surface area contributed by atoms with Crippen LogP contribution in [0, 0.1) is 13.8 Å². The molecule has 42 heavy (non-hydrogen) atoms. The highest BCUT2D eigenvalue weighted by atomic mass is 32.2. The number of sulfone groups is 1. The Morgan fingerprint density at radius 2 is 1.76 bits per heavy atom. The number of thiazole rings is 1. The largest absolute Gasteiger partial charge is 0.489 e. The van der Waals surface area contributed by atoms with Crippen molar-refractivity contribution in [2.24, 2.45) is 0 Å². The highest BCUT2D eigenvalue weighted by molar-refractivity contribution is 7.92. The van der Waals surface area contributed by atoms with Crippen molar-refractivity contribution >= 4 is 44.3 Å². The molecule has 1 fully saturated rings. The molecule has 0 saturated carbocycles. The van der Waals surface area contributed by atoms with E-state index in [2.05, 4.69) is 25.9 Å². The molecule has 3 heterocycles. The maximum absolute atomic E-state index is 13.0. The van der Waals surface area contributed by atoms with Gasteiger partial charge in [0, 0.05) is 23.5 Å². The van der Waals surface area contributed by atoms with E-state index in [0.29, 0.717) is 28.9 Å². The smallest absolute Gasteiger partial charge is 0.229 e. The number of epoxide rings is 1. The summed E-state index contributed by atoms with van der Waals surface area (Å²) in [6, 6.07) is 10.9. The number of hydrogen-bond acceptors (Lipinski definition) is 11. The van der Waals surface area contributed by atoms with Crippen LogP contribution in [0.3, 0.4) is 0 Å². The first-order chi connectivity index (χ1) is 20.0. The van der Waals surface area contributed by atoms with Crippen molar-refractivity contribution in [2.45, 2.75) is 70.1 Å². The lowest BCUT2D eigenvalue weighted by atomic mass is 10.0. The van der Waals surface area contributed by atoms with E-state index in [4.69, 9.17) is 14.5 Å². The highest BCUT2D eigenvalue weighted by Crippen LogP contribution is 2.47. The number of anilines is 4. The third kappa shape index (κ3) is 6.26. The fourth-order valence-corrected chi connectivity index (χ4v) is 6.52. The molecule has 5 rings (SSSR count). The topological polar surface area (TPSA) is 131 Å². The second kappa shape index (κ2) is 12.0. The summed E-state index contributed by atoms with van der Waals surface area (Å²) in [4.78, 5) is 14.9. The van der Waals surface area contributed by atoms with Crippen molar-refractivity contribution < 1.29 is 17.9 Å². The lowest BCUT2D eigenvalue weighted by molar-refractivity contribution is 0.244. The Balaban J connectivity index is 1.53. The van der Waals surface area contributed by atoms with Crippen LogP contribution in [0.5, 0.6) is 5.75 Å². The average molecular weight is 609 g/mol. The van der Waals surface area contributed by atoms with Crippen LogP contribution in [0.4, 0.5) is 23.1 Å². The predicted molar refractivity (Wildman–Crippen MR) is 167 cm³/mol. The Morgan fingerprint density at radius 1 is 1.00 bits per heavy atom. The zero-order valence-electron chi connectivity index (χ0n) is 24.7. The van der Waals surface area contributed by atoms with E-state index in [1.54, 1.807) is 55.6 Å². The predicted octanol–water partition coefficient (Wildman–Crippen LogP) is 6.29. The van der Waals surface area contributed by atoms with Gasteiger partial charge in [0.2, 0.25) is 5.95 Å². The van der Waals surface area contributed by atoms with Crippen LogP contribution in [0.25, 0.3) is 10.4 Å².